The molecule has 1 amide bonds. The first-order valence-electron chi connectivity index (χ1n) is 6.29. The summed E-state index contributed by atoms with van der Waals surface area (Å²) in [6, 6.07) is 5.90. The Morgan fingerprint density at radius 2 is 2.00 bits per heavy atom. The Hall–Kier alpha value is -1.47. The molecule has 0 aliphatic rings. The van der Waals surface area contributed by atoms with E-state index >= 15 is 0 Å². The average molecular weight is 302 g/mol. The van der Waals surface area contributed by atoms with Crippen LogP contribution in [0.5, 0.6) is 0 Å². The fourth-order valence-electron chi connectivity index (χ4n) is 1.59. The van der Waals surface area contributed by atoms with Crippen LogP contribution in [0.25, 0.3) is 0 Å². The van der Waals surface area contributed by atoms with Gasteiger partial charge < -0.3 is 5.32 Å². The Balaban J connectivity index is 2.81. The van der Waals surface area contributed by atoms with Gasteiger partial charge in [-0.15, -0.1) is 0 Å². The number of nitrogens with zero attached hydrogens (tertiary/aromatic N) is 1. The van der Waals surface area contributed by atoms with Crippen LogP contribution in [0.15, 0.2) is 24.3 Å². The summed E-state index contributed by atoms with van der Waals surface area (Å²) in [6.07, 6.45) is 1.76. The third kappa shape index (κ3) is 5.26. The second kappa shape index (κ2) is 7.35. The number of carbonyl (C=O) groups is 1. The first-order chi connectivity index (χ1) is 9.34. The fraction of sp³-hybridized carbons (Fsp3) is 0.462. The third-order valence-electron chi connectivity index (χ3n) is 2.67. The Kier molecular flexibility index (Phi) is 6.09. The molecule has 0 heterocycles. The van der Waals surface area contributed by atoms with Crippen LogP contribution < -0.4 is 5.32 Å². The van der Waals surface area contributed by atoms with Crippen molar-refractivity contribution in [3.8, 4) is 0 Å². The van der Waals surface area contributed by atoms with Gasteiger partial charge in [0.25, 0.3) is 0 Å². The predicted octanol–water partition coefficient (Wildman–Crippen LogP) is 1.11. The van der Waals surface area contributed by atoms with Crippen molar-refractivity contribution in [2.45, 2.75) is 19.9 Å². The van der Waals surface area contributed by atoms with Crippen molar-refractivity contribution in [1.82, 2.24) is 9.62 Å². The molecule has 5 nitrogen and oxygen atoms in total. The average Bonchev–Trinajstić information content (AvgIpc) is 2.37. The highest BCUT2D eigenvalue weighted by Gasteiger charge is 2.21. The van der Waals surface area contributed by atoms with Crippen LogP contribution in [0.2, 0.25) is 0 Å². The lowest BCUT2D eigenvalue weighted by Crippen LogP contribution is -2.40. The van der Waals surface area contributed by atoms with E-state index in [1.165, 1.54) is 18.2 Å². The summed E-state index contributed by atoms with van der Waals surface area (Å²) >= 11 is 0. The Labute approximate surface area is 118 Å². The summed E-state index contributed by atoms with van der Waals surface area (Å²) in [5.41, 5.74) is 0.237. The van der Waals surface area contributed by atoms with E-state index in [2.05, 4.69) is 5.32 Å². The van der Waals surface area contributed by atoms with Crippen molar-refractivity contribution in [3.05, 3.63) is 35.6 Å². The van der Waals surface area contributed by atoms with E-state index in [4.69, 9.17) is 0 Å². The second-order valence-electron chi connectivity index (χ2n) is 4.47. The predicted molar refractivity (Wildman–Crippen MR) is 75.0 cm³/mol. The van der Waals surface area contributed by atoms with Gasteiger partial charge in [0.15, 0.2) is 0 Å². The number of sulfonamides is 1. The van der Waals surface area contributed by atoms with E-state index in [0.717, 1.165) is 17.0 Å². The summed E-state index contributed by atoms with van der Waals surface area (Å²) < 4.78 is 37.9. The van der Waals surface area contributed by atoms with Crippen LogP contribution in [0, 0.1) is 5.82 Å². The molecule has 0 aliphatic heterocycles. The largest absolute Gasteiger partial charge is 0.355 e. The zero-order valence-corrected chi connectivity index (χ0v) is 12.4. The number of amides is 1. The van der Waals surface area contributed by atoms with Crippen molar-refractivity contribution in [2.24, 2.45) is 0 Å². The Bertz CT molecular complexity index is 560. The van der Waals surface area contributed by atoms with Crippen LogP contribution in [-0.4, -0.2) is 38.0 Å². The highest BCUT2D eigenvalue weighted by Crippen LogP contribution is 2.12. The maximum atomic E-state index is 13.6. The quantitative estimate of drug-likeness (QED) is 0.820. The summed E-state index contributed by atoms with van der Waals surface area (Å²) in [4.78, 5) is 11.6. The summed E-state index contributed by atoms with van der Waals surface area (Å²) in [5, 5.41) is 2.60. The molecule has 1 aromatic rings. The van der Waals surface area contributed by atoms with Gasteiger partial charge in [0.05, 0.1) is 12.8 Å². The Morgan fingerprint density at radius 1 is 1.35 bits per heavy atom. The van der Waals surface area contributed by atoms with Crippen LogP contribution in [0.3, 0.4) is 0 Å². The zero-order valence-electron chi connectivity index (χ0n) is 11.6. The van der Waals surface area contributed by atoms with E-state index in [9.17, 15) is 17.6 Å². The number of hydrogen-bond acceptors (Lipinski definition) is 3. The van der Waals surface area contributed by atoms with E-state index in [0.29, 0.717) is 6.54 Å². The van der Waals surface area contributed by atoms with Crippen molar-refractivity contribution >= 4 is 15.9 Å². The molecule has 0 atom stereocenters. The first-order valence-corrected chi connectivity index (χ1v) is 8.14. The molecule has 0 aliphatic carbocycles. The molecule has 20 heavy (non-hydrogen) atoms. The van der Waals surface area contributed by atoms with Crippen molar-refractivity contribution in [1.29, 1.82) is 0 Å². The van der Waals surface area contributed by atoms with Gasteiger partial charge in [0, 0.05) is 18.7 Å². The van der Waals surface area contributed by atoms with Crippen molar-refractivity contribution in [3.63, 3.8) is 0 Å². The molecule has 0 bridgehead atoms. The SMILES string of the molecule is CCCNC(=O)CN(Cc1ccccc1F)S(C)(=O)=O. The molecule has 0 saturated carbocycles. The summed E-state index contributed by atoms with van der Waals surface area (Å²) in [5.74, 6) is -0.885. The molecule has 1 aromatic carbocycles. The number of hydrogen-bond donors (Lipinski definition) is 1. The van der Waals surface area contributed by atoms with Gasteiger partial charge in [-0.25, -0.2) is 12.8 Å². The molecule has 0 unspecified atom stereocenters. The number of halogens is 1. The summed E-state index contributed by atoms with van der Waals surface area (Å²) in [7, 11) is -3.59. The minimum absolute atomic E-state index is 0.162. The molecular formula is C13H19FN2O3S. The minimum Gasteiger partial charge on any atom is -0.355 e. The topological polar surface area (TPSA) is 66.5 Å². The monoisotopic (exact) mass is 302 g/mol. The lowest BCUT2D eigenvalue weighted by molar-refractivity contribution is -0.121. The van der Waals surface area contributed by atoms with Crippen LogP contribution in [0.4, 0.5) is 4.39 Å². The minimum atomic E-state index is -3.59. The van der Waals surface area contributed by atoms with Crippen molar-refractivity contribution < 1.29 is 17.6 Å². The number of benzene rings is 1. The van der Waals surface area contributed by atoms with E-state index in [1.807, 2.05) is 6.92 Å². The molecular weight excluding hydrogens is 283 g/mol. The standard InChI is InChI=1S/C13H19FN2O3S/c1-3-8-15-13(17)10-16(20(2,18)19)9-11-6-4-5-7-12(11)14/h4-7H,3,8-10H2,1-2H3,(H,15,17). The Morgan fingerprint density at radius 3 is 2.55 bits per heavy atom. The number of nitrogens with one attached hydrogen (secondary N) is 1. The molecule has 0 spiro atoms. The molecule has 7 heteroatoms. The van der Waals surface area contributed by atoms with Crippen molar-refractivity contribution in [2.75, 3.05) is 19.3 Å². The molecule has 0 radical (unpaired) electrons. The molecule has 112 valence electrons. The van der Waals surface area contributed by atoms with Gasteiger partial charge in [-0.1, -0.05) is 25.1 Å². The normalized spacial score (nSPS) is 11.6. The van der Waals surface area contributed by atoms with Crippen LogP contribution in [-0.2, 0) is 21.4 Å². The van der Waals surface area contributed by atoms with E-state index in [1.54, 1.807) is 6.07 Å². The van der Waals surface area contributed by atoms with Crippen LogP contribution in [0.1, 0.15) is 18.9 Å². The molecule has 0 saturated heterocycles. The highest BCUT2D eigenvalue weighted by molar-refractivity contribution is 7.88. The lowest BCUT2D eigenvalue weighted by atomic mass is 10.2. The van der Waals surface area contributed by atoms with Gasteiger partial charge in [0.1, 0.15) is 5.82 Å². The lowest BCUT2D eigenvalue weighted by Gasteiger charge is -2.19. The number of rotatable bonds is 7. The molecule has 0 fully saturated rings. The smallest absolute Gasteiger partial charge is 0.235 e. The van der Waals surface area contributed by atoms with Gasteiger partial charge in [-0.2, -0.15) is 4.31 Å². The maximum absolute atomic E-state index is 13.6. The van der Waals surface area contributed by atoms with Crippen LogP contribution >= 0.6 is 0 Å². The first kappa shape index (κ1) is 16.6. The third-order valence-corrected chi connectivity index (χ3v) is 3.86. The number of carbonyl (C=O) groups excluding carboxylic acids is 1. The zero-order chi connectivity index (χ0) is 15.2. The molecule has 0 aromatic heterocycles. The van der Waals surface area contributed by atoms with E-state index in [-0.39, 0.29) is 18.7 Å². The molecule has 1 rings (SSSR count). The molecule has 1 N–H and O–H groups in total. The summed E-state index contributed by atoms with van der Waals surface area (Å²) in [6.45, 7) is 1.91. The van der Waals surface area contributed by atoms with Gasteiger partial charge in [-0.05, 0) is 12.5 Å². The van der Waals surface area contributed by atoms with E-state index < -0.39 is 21.7 Å². The maximum Gasteiger partial charge on any atom is 0.235 e. The second-order valence-corrected chi connectivity index (χ2v) is 6.45. The van der Waals surface area contributed by atoms with Gasteiger partial charge in [0.2, 0.25) is 15.9 Å². The van der Waals surface area contributed by atoms with Gasteiger partial charge in [-0.3, -0.25) is 4.79 Å². The fourth-order valence-corrected chi connectivity index (χ4v) is 2.31. The van der Waals surface area contributed by atoms with Gasteiger partial charge >= 0.3 is 0 Å². The highest BCUT2D eigenvalue weighted by atomic mass is 32.2.